The van der Waals surface area contributed by atoms with Crippen molar-refractivity contribution in [2.45, 2.75) is 21.6 Å². The summed E-state index contributed by atoms with van der Waals surface area (Å²) in [5, 5.41) is 3.28. The van der Waals surface area contributed by atoms with Crippen LogP contribution in [-0.4, -0.2) is 16.0 Å². The molecule has 1 aromatic heterocycles. The Labute approximate surface area is 127 Å². The van der Waals surface area contributed by atoms with Gasteiger partial charge in [-0.2, -0.15) is 0 Å². The predicted octanol–water partition coefficient (Wildman–Crippen LogP) is 4.98. The summed E-state index contributed by atoms with van der Waals surface area (Å²) in [5.74, 6) is 1.16. The smallest absolute Gasteiger partial charge is 0.0732 e. The highest BCUT2D eigenvalue weighted by molar-refractivity contribution is 8.03. The zero-order valence-corrected chi connectivity index (χ0v) is 12.6. The van der Waals surface area contributed by atoms with E-state index in [1.807, 2.05) is 23.5 Å². The summed E-state index contributed by atoms with van der Waals surface area (Å²) in [5.41, 5.74) is 2.75. The average Bonchev–Trinajstić information content (AvgIpc) is 3.07. The Bertz CT molecular complexity index is 689. The summed E-state index contributed by atoms with van der Waals surface area (Å²) < 4.78 is 0. The first kappa shape index (κ1) is 12.4. The van der Waals surface area contributed by atoms with Crippen LogP contribution in [0.1, 0.15) is 5.56 Å². The van der Waals surface area contributed by atoms with Gasteiger partial charge in [0.25, 0.3) is 0 Å². The maximum absolute atomic E-state index is 3.49. The number of benzene rings is 2. The van der Waals surface area contributed by atoms with Gasteiger partial charge in [0, 0.05) is 26.8 Å². The molecule has 20 heavy (non-hydrogen) atoms. The number of thioether (sulfide) groups is 2. The van der Waals surface area contributed by atoms with Crippen LogP contribution in [0.4, 0.5) is 0 Å². The molecule has 1 N–H and O–H groups in total. The van der Waals surface area contributed by atoms with Gasteiger partial charge >= 0.3 is 0 Å². The highest BCUT2D eigenvalue weighted by atomic mass is 32.2. The predicted molar refractivity (Wildman–Crippen MR) is 88.8 cm³/mol. The fourth-order valence-electron chi connectivity index (χ4n) is 2.65. The first-order valence-electron chi connectivity index (χ1n) is 6.83. The molecule has 1 aliphatic heterocycles. The molecule has 0 fully saturated rings. The maximum atomic E-state index is 3.49. The molecule has 1 nitrogen and oxygen atoms in total. The summed E-state index contributed by atoms with van der Waals surface area (Å²) >= 11 is 3.97. The molecule has 0 aliphatic carbocycles. The van der Waals surface area contributed by atoms with Crippen molar-refractivity contribution in [2.75, 3.05) is 5.75 Å². The number of aromatic nitrogens is 1. The van der Waals surface area contributed by atoms with E-state index >= 15 is 0 Å². The standard InChI is InChI=1S/C17H15NS2/c1-3-7-15-12(5-1)10-17(18-15)19-11-14-9-13-6-2-4-8-16(13)20-14/h1-8,10,14,18H,9,11H2. The van der Waals surface area contributed by atoms with E-state index in [2.05, 4.69) is 59.6 Å². The van der Waals surface area contributed by atoms with Crippen LogP contribution in [0.25, 0.3) is 10.9 Å². The van der Waals surface area contributed by atoms with Gasteiger partial charge in [-0.3, -0.25) is 0 Å². The largest absolute Gasteiger partial charge is 0.350 e. The number of nitrogens with one attached hydrogen (secondary N) is 1. The first-order chi connectivity index (χ1) is 9.88. The highest BCUT2D eigenvalue weighted by Gasteiger charge is 2.21. The number of rotatable bonds is 3. The normalized spacial score (nSPS) is 17.5. The van der Waals surface area contributed by atoms with E-state index in [9.17, 15) is 0 Å². The lowest BCUT2D eigenvalue weighted by Crippen LogP contribution is -2.03. The van der Waals surface area contributed by atoms with Crippen LogP contribution >= 0.6 is 23.5 Å². The lowest BCUT2D eigenvalue weighted by molar-refractivity contribution is 0.969. The van der Waals surface area contributed by atoms with E-state index < -0.39 is 0 Å². The monoisotopic (exact) mass is 297 g/mol. The Morgan fingerprint density at radius 2 is 1.95 bits per heavy atom. The van der Waals surface area contributed by atoms with Gasteiger partial charge in [-0.25, -0.2) is 0 Å². The summed E-state index contributed by atoms with van der Waals surface area (Å²) in [6.45, 7) is 0. The first-order valence-corrected chi connectivity index (χ1v) is 8.70. The van der Waals surface area contributed by atoms with Crippen molar-refractivity contribution in [3.05, 3.63) is 60.2 Å². The maximum Gasteiger partial charge on any atom is 0.0732 e. The molecule has 0 bridgehead atoms. The van der Waals surface area contributed by atoms with E-state index in [4.69, 9.17) is 0 Å². The van der Waals surface area contributed by atoms with E-state index in [-0.39, 0.29) is 0 Å². The zero-order chi connectivity index (χ0) is 13.4. The topological polar surface area (TPSA) is 15.8 Å². The molecule has 1 atom stereocenters. The van der Waals surface area contributed by atoms with Crippen LogP contribution in [0.2, 0.25) is 0 Å². The van der Waals surface area contributed by atoms with Crippen molar-refractivity contribution >= 4 is 34.4 Å². The van der Waals surface area contributed by atoms with Crippen LogP contribution in [0, 0.1) is 0 Å². The van der Waals surface area contributed by atoms with Gasteiger partial charge in [0.1, 0.15) is 0 Å². The van der Waals surface area contributed by atoms with Gasteiger partial charge in [-0.15, -0.1) is 23.5 Å². The highest BCUT2D eigenvalue weighted by Crippen LogP contribution is 2.39. The minimum Gasteiger partial charge on any atom is -0.350 e. The van der Waals surface area contributed by atoms with Crippen molar-refractivity contribution in [1.29, 1.82) is 0 Å². The molecule has 3 aromatic rings. The molecule has 0 spiro atoms. The lowest BCUT2D eigenvalue weighted by Gasteiger charge is -2.06. The van der Waals surface area contributed by atoms with E-state index in [1.54, 1.807) is 0 Å². The second-order valence-electron chi connectivity index (χ2n) is 5.08. The van der Waals surface area contributed by atoms with Crippen LogP contribution in [0.5, 0.6) is 0 Å². The van der Waals surface area contributed by atoms with Gasteiger partial charge in [0.05, 0.1) is 5.03 Å². The molecule has 3 heteroatoms. The lowest BCUT2D eigenvalue weighted by atomic mass is 10.1. The minimum atomic E-state index is 0.698. The molecule has 1 aliphatic rings. The molecule has 0 radical (unpaired) electrons. The number of aromatic amines is 1. The molecule has 1 unspecified atom stereocenters. The quantitative estimate of drug-likeness (QED) is 0.686. The number of hydrogen-bond acceptors (Lipinski definition) is 2. The SMILES string of the molecule is c1ccc2c(c1)CC(CSc1cc3ccccc3[nH]1)S2. The summed E-state index contributed by atoms with van der Waals surface area (Å²) in [6, 6.07) is 19.5. The second kappa shape index (κ2) is 5.23. The van der Waals surface area contributed by atoms with Crippen LogP contribution < -0.4 is 0 Å². The van der Waals surface area contributed by atoms with Gasteiger partial charge in [0.2, 0.25) is 0 Å². The van der Waals surface area contributed by atoms with Gasteiger partial charge in [-0.05, 0) is 30.2 Å². The number of fused-ring (bicyclic) bond motifs is 2. The third-order valence-corrected chi connectivity index (χ3v) is 6.27. The van der Waals surface area contributed by atoms with Crippen molar-refractivity contribution in [2.24, 2.45) is 0 Å². The van der Waals surface area contributed by atoms with Gasteiger partial charge in [-0.1, -0.05) is 36.4 Å². The number of hydrogen-bond donors (Lipinski definition) is 1. The van der Waals surface area contributed by atoms with Gasteiger partial charge in [0.15, 0.2) is 0 Å². The number of para-hydroxylation sites is 1. The third-order valence-electron chi connectivity index (χ3n) is 3.64. The Kier molecular flexibility index (Phi) is 3.25. The Morgan fingerprint density at radius 3 is 2.85 bits per heavy atom. The fourth-order valence-corrected chi connectivity index (χ4v) is 5.09. The third kappa shape index (κ3) is 2.36. The summed E-state index contributed by atoms with van der Waals surface area (Å²) in [4.78, 5) is 4.96. The second-order valence-corrected chi connectivity index (χ2v) is 7.49. The fraction of sp³-hybridized carbons (Fsp3) is 0.176. The van der Waals surface area contributed by atoms with E-state index in [1.165, 1.54) is 32.8 Å². The Hall–Kier alpha value is -1.32. The van der Waals surface area contributed by atoms with Crippen LogP contribution in [0.3, 0.4) is 0 Å². The minimum absolute atomic E-state index is 0.698. The van der Waals surface area contributed by atoms with E-state index in [0.717, 1.165) is 5.75 Å². The molecule has 2 heterocycles. The Balaban J connectivity index is 1.44. The summed E-state index contributed by atoms with van der Waals surface area (Å²) in [6.07, 6.45) is 1.20. The van der Waals surface area contributed by atoms with Crippen LogP contribution in [0.15, 0.2) is 64.5 Å². The zero-order valence-electron chi connectivity index (χ0n) is 11.0. The number of H-pyrrole nitrogens is 1. The molecular formula is C17H15NS2. The molecule has 0 saturated carbocycles. The van der Waals surface area contributed by atoms with Crippen molar-refractivity contribution in [1.82, 2.24) is 4.98 Å². The Morgan fingerprint density at radius 1 is 1.10 bits per heavy atom. The molecular weight excluding hydrogens is 282 g/mol. The van der Waals surface area contributed by atoms with Crippen molar-refractivity contribution < 1.29 is 0 Å². The van der Waals surface area contributed by atoms with Crippen molar-refractivity contribution in [3.63, 3.8) is 0 Å². The molecule has 100 valence electrons. The average molecular weight is 297 g/mol. The van der Waals surface area contributed by atoms with Gasteiger partial charge < -0.3 is 4.98 Å². The molecule has 0 amide bonds. The molecule has 2 aromatic carbocycles. The molecule has 0 saturated heterocycles. The van der Waals surface area contributed by atoms with E-state index in [0.29, 0.717) is 5.25 Å². The van der Waals surface area contributed by atoms with Crippen LogP contribution in [-0.2, 0) is 6.42 Å². The molecule has 4 rings (SSSR count). The van der Waals surface area contributed by atoms with Crippen molar-refractivity contribution in [3.8, 4) is 0 Å². The summed E-state index contributed by atoms with van der Waals surface area (Å²) in [7, 11) is 0.